The van der Waals surface area contributed by atoms with Gasteiger partial charge in [-0.25, -0.2) is 4.79 Å². The van der Waals surface area contributed by atoms with E-state index >= 15 is 0 Å². The molecule has 0 aromatic heterocycles. The number of aryl methyl sites for hydroxylation is 2. The average molecular weight is 339 g/mol. The Bertz CT molecular complexity index is 746. The molecule has 1 aromatic rings. The number of carbonyl (C=O) groups excluding carboxylic acids is 1. The molecule has 3 aliphatic rings. The topological polar surface area (TPSA) is 35.6 Å². The van der Waals surface area contributed by atoms with E-state index < -0.39 is 0 Å². The molecule has 1 N–H and O–H groups in total. The van der Waals surface area contributed by atoms with Crippen molar-refractivity contribution < 1.29 is 4.79 Å². The first-order valence-corrected chi connectivity index (χ1v) is 9.60. The van der Waals surface area contributed by atoms with E-state index in [1.54, 1.807) is 0 Å². The fourth-order valence-electron chi connectivity index (χ4n) is 5.36. The fraction of sp³-hybridized carbons (Fsp3) is 0.571. The molecular weight excluding hydrogens is 310 g/mol. The second kappa shape index (κ2) is 5.87. The molecule has 2 fully saturated rings. The number of urea groups is 1. The number of piperidine rings is 1. The van der Waals surface area contributed by atoms with Crippen LogP contribution in [-0.4, -0.2) is 41.0 Å². The molecule has 4 rings (SSSR count). The molecule has 3 aliphatic heterocycles. The molecule has 0 bridgehead atoms. The molecule has 0 unspecified atom stereocenters. The van der Waals surface area contributed by atoms with E-state index in [0.29, 0.717) is 12.5 Å². The molecule has 2 saturated heterocycles. The van der Waals surface area contributed by atoms with Crippen LogP contribution in [-0.2, 0) is 6.54 Å². The van der Waals surface area contributed by atoms with Gasteiger partial charge in [-0.15, -0.1) is 0 Å². The molecular formula is C21H29N3O. The maximum absolute atomic E-state index is 13.3. The zero-order valence-corrected chi connectivity index (χ0v) is 15.9. The van der Waals surface area contributed by atoms with Crippen LogP contribution in [0.5, 0.6) is 0 Å². The number of fused-ring (bicyclic) bond motifs is 3. The maximum Gasteiger partial charge on any atom is 0.325 e. The van der Waals surface area contributed by atoms with Crippen molar-refractivity contribution in [1.82, 2.24) is 15.1 Å². The number of amides is 2. The van der Waals surface area contributed by atoms with Crippen molar-refractivity contribution in [2.45, 2.75) is 58.5 Å². The van der Waals surface area contributed by atoms with Gasteiger partial charge in [0.25, 0.3) is 0 Å². The van der Waals surface area contributed by atoms with Crippen molar-refractivity contribution in [3.05, 3.63) is 46.2 Å². The van der Waals surface area contributed by atoms with Crippen molar-refractivity contribution >= 4 is 6.03 Å². The van der Waals surface area contributed by atoms with Gasteiger partial charge in [-0.2, -0.15) is 0 Å². The van der Waals surface area contributed by atoms with Crippen LogP contribution in [0.2, 0.25) is 0 Å². The van der Waals surface area contributed by atoms with Crippen LogP contribution >= 0.6 is 0 Å². The van der Waals surface area contributed by atoms with Crippen LogP contribution in [0.15, 0.2) is 23.9 Å². The molecule has 4 nitrogen and oxygen atoms in total. The van der Waals surface area contributed by atoms with E-state index in [2.05, 4.69) is 61.0 Å². The smallest absolute Gasteiger partial charge is 0.317 e. The largest absolute Gasteiger partial charge is 0.325 e. The van der Waals surface area contributed by atoms with Crippen LogP contribution in [0, 0.1) is 13.8 Å². The highest BCUT2D eigenvalue weighted by Gasteiger charge is 2.53. The number of nitrogens with zero attached hydrogens (tertiary/aromatic N) is 2. The molecule has 1 aromatic carbocycles. The lowest BCUT2D eigenvalue weighted by Crippen LogP contribution is -2.52. The monoisotopic (exact) mass is 339 g/mol. The van der Waals surface area contributed by atoms with Gasteiger partial charge in [0, 0.05) is 18.2 Å². The summed E-state index contributed by atoms with van der Waals surface area (Å²) in [5, 5.41) is 3.47. The average Bonchev–Trinajstić information content (AvgIpc) is 2.69. The van der Waals surface area contributed by atoms with Gasteiger partial charge >= 0.3 is 6.03 Å². The van der Waals surface area contributed by atoms with Crippen LogP contribution < -0.4 is 5.32 Å². The summed E-state index contributed by atoms with van der Waals surface area (Å²) >= 11 is 0. The third-order valence-corrected chi connectivity index (χ3v) is 6.30. The van der Waals surface area contributed by atoms with Gasteiger partial charge in [0.15, 0.2) is 0 Å². The number of carbonyl (C=O) groups is 1. The third kappa shape index (κ3) is 2.34. The SMILES string of the molecule is CCN1C(=O)N2Cc3cc(C)cc(C)c3[C@H](C)C=C2C12CCNCC2. The van der Waals surface area contributed by atoms with E-state index in [4.69, 9.17) is 0 Å². The maximum atomic E-state index is 13.3. The predicted molar refractivity (Wildman–Crippen MR) is 101 cm³/mol. The fourth-order valence-corrected chi connectivity index (χ4v) is 5.36. The third-order valence-electron chi connectivity index (χ3n) is 6.30. The summed E-state index contributed by atoms with van der Waals surface area (Å²) in [7, 11) is 0. The first-order valence-electron chi connectivity index (χ1n) is 9.60. The lowest BCUT2D eigenvalue weighted by atomic mass is 9.82. The Balaban J connectivity index is 1.87. The Kier molecular flexibility index (Phi) is 3.91. The predicted octanol–water partition coefficient (Wildman–Crippen LogP) is 3.68. The number of allylic oxidation sites excluding steroid dienone is 1. The molecule has 1 spiro atoms. The highest BCUT2D eigenvalue weighted by molar-refractivity contribution is 5.83. The Morgan fingerprint density at radius 2 is 1.96 bits per heavy atom. The summed E-state index contributed by atoms with van der Waals surface area (Å²) in [5.41, 5.74) is 6.49. The molecule has 0 aliphatic carbocycles. The van der Waals surface area contributed by atoms with E-state index in [-0.39, 0.29) is 11.6 Å². The van der Waals surface area contributed by atoms with Crippen LogP contribution in [0.1, 0.15) is 54.9 Å². The molecule has 3 heterocycles. The molecule has 25 heavy (non-hydrogen) atoms. The van der Waals surface area contributed by atoms with Gasteiger partial charge < -0.3 is 10.2 Å². The Morgan fingerprint density at radius 3 is 2.64 bits per heavy atom. The molecule has 0 saturated carbocycles. The summed E-state index contributed by atoms with van der Waals surface area (Å²) in [6, 6.07) is 4.73. The van der Waals surface area contributed by atoms with Crippen LogP contribution in [0.4, 0.5) is 4.79 Å². The molecule has 0 radical (unpaired) electrons. The normalized spacial score (nSPS) is 24.9. The van der Waals surface area contributed by atoms with E-state index in [1.807, 2.05) is 0 Å². The van der Waals surface area contributed by atoms with Crippen molar-refractivity contribution in [3.8, 4) is 0 Å². The second-order valence-corrected chi connectivity index (χ2v) is 7.89. The van der Waals surface area contributed by atoms with E-state index in [9.17, 15) is 4.79 Å². The number of nitrogens with one attached hydrogen (secondary N) is 1. The standard InChI is InChI=1S/C21H29N3O/c1-5-24-20(25)23-13-17-11-14(2)10-15(3)19(17)16(4)12-18(23)21(24)6-8-22-9-7-21/h10-12,16,22H,5-9,13H2,1-4H3/t16-/m1/s1. The lowest BCUT2D eigenvalue weighted by molar-refractivity contribution is 0.141. The molecule has 1 atom stereocenters. The quantitative estimate of drug-likeness (QED) is 0.847. The highest BCUT2D eigenvalue weighted by atomic mass is 16.2. The first kappa shape index (κ1) is 16.6. The number of benzene rings is 1. The second-order valence-electron chi connectivity index (χ2n) is 7.89. The first-order chi connectivity index (χ1) is 12.0. The zero-order chi connectivity index (χ0) is 17.8. The van der Waals surface area contributed by atoms with Gasteiger partial charge in [0.1, 0.15) is 0 Å². The Morgan fingerprint density at radius 1 is 1.24 bits per heavy atom. The number of likely N-dealkylation sites (N-methyl/N-ethyl adjacent to an activating group) is 1. The summed E-state index contributed by atoms with van der Waals surface area (Å²) in [4.78, 5) is 17.5. The van der Waals surface area contributed by atoms with Gasteiger partial charge in [-0.05, 0) is 63.4 Å². The zero-order valence-electron chi connectivity index (χ0n) is 15.9. The minimum absolute atomic E-state index is 0.115. The van der Waals surface area contributed by atoms with Gasteiger partial charge in [-0.3, -0.25) is 4.90 Å². The van der Waals surface area contributed by atoms with E-state index in [1.165, 1.54) is 28.0 Å². The molecule has 4 heteroatoms. The van der Waals surface area contributed by atoms with Gasteiger partial charge in [0.2, 0.25) is 0 Å². The molecule has 134 valence electrons. The highest BCUT2D eigenvalue weighted by Crippen LogP contribution is 2.46. The lowest BCUT2D eigenvalue weighted by Gasteiger charge is -2.41. The van der Waals surface area contributed by atoms with Crippen molar-refractivity contribution in [3.63, 3.8) is 0 Å². The van der Waals surface area contributed by atoms with Crippen LogP contribution in [0.25, 0.3) is 0 Å². The van der Waals surface area contributed by atoms with Gasteiger partial charge in [-0.1, -0.05) is 30.7 Å². The Hall–Kier alpha value is -1.81. The van der Waals surface area contributed by atoms with Crippen molar-refractivity contribution in [2.24, 2.45) is 0 Å². The van der Waals surface area contributed by atoms with Crippen LogP contribution in [0.3, 0.4) is 0 Å². The Labute approximate surface area is 150 Å². The summed E-state index contributed by atoms with van der Waals surface area (Å²) < 4.78 is 0. The summed E-state index contributed by atoms with van der Waals surface area (Å²) in [5.74, 6) is 0.340. The number of hydrogen-bond donors (Lipinski definition) is 1. The minimum Gasteiger partial charge on any atom is -0.317 e. The summed E-state index contributed by atoms with van der Waals surface area (Å²) in [6.07, 6.45) is 4.40. The minimum atomic E-state index is -0.115. The molecule has 2 amide bonds. The number of rotatable bonds is 1. The van der Waals surface area contributed by atoms with Crippen molar-refractivity contribution in [1.29, 1.82) is 0 Å². The number of hydrogen-bond acceptors (Lipinski definition) is 2. The summed E-state index contributed by atoms with van der Waals surface area (Å²) in [6.45, 7) is 12.2. The van der Waals surface area contributed by atoms with Crippen molar-refractivity contribution in [2.75, 3.05) is 19.6 Å². The van der Waals surface area contributed by atoms with E-state index in [0.717, 1.165) is 32.5 Å². The van der Waals surface area contributed by atoms with Gasteiger partial charge in [0.05, 0.1) is 12.1 Å².